The smallest absolute Gasteiger partial charge is 0.0202 e. The van der Waals surface area contributed by atoms with E-state index in [2.05, 4.69) is 37.6 Å². The highest BCUT2D eigenvalue weighted by Crippen LogP contribution is 1.99. The molecule has 0 aliphatic rings. The number of hydrogen-bond donors (Lipinski definition) is 1. The lowest BCUT2D eigenvalue weighted by molar-refractivity contribution is 0.295. The number of hydrogen-bond acceptors (Lipinski definition) is 2. The molecular weight excluding hydrogens is 172 g/mol. The fourth-order valence-electron chi connectivity index (χ4n) is 1.58. The predicted octanol–water partition coefficient (Wildman–Crippen LogP) is 2.27. The van der Waals surface area contributed by atoms with Gasteiger partial charge in [0, 0.05) is 13.1 Å². The van der Waals surface area contributed by atoms with Gasteiger partial charge in [0.1, 0.15) is 0 Å². The van der Waals surface area contributed by atoms with Gasteiger partial charge in [0.15, 0.2) is 0 Å². The second kappa shape index (κ2) is 9.22. The maximum Gasteiger partial charge on any atom is 0.0202 e. The molecule has 2 nitrogen and oxygen atoms in total. The molecule has 0 aromatic carbocycles. The summed E-state index contributed by atoms with van der Waals surface area (Å²) in [5.41, 5.74) is 1.30. The average Bonchev–Trinajstić information content (AvgIpc) is 2.15. The summed E-state index contributed by atoms with van der Waals surface area (Å²) >= 11 is 0. The molecule has 2 heteroatoms. The van der Waals surface area contributed by atoms with E-state index >= 15 is 0 Å². The second-order valence-corrected chi connectivity index (χ2v) is 3.81. The Morgan fingerprint density at radius 2 is 1.71 bits per heavy atom. The minimum Gasteiger partial charge on any atom is -0.313 e. The van der Waals surface area contributed by atoms with Gasteiger partial charge in [-0.25, -0.2) is 0 Å². The van der Waals surface area contributed by atoms with Crippen LogP contribution in [-0.2, 0) is 0 Å². The van der Waals surface area contributed by atoms with Gasteiger partial charge in [-0.2, -0.15) is 0 Å². The van der Waals surface area contributed by atoms with Crippen LogP contribution in [0.25, 0.3) is 0 Å². The first-order valence-corrected chi connectivity index (χ1v) is 5.84. The van der Waals surface area contributed by atoms with Gasteiger partial charge in [0.2, 0.25) is 0 Å². The third-order valence-corrected chi connectivity index (χ3v) is 2.15. The largest absolute Gasteiger partial charge is 0.313 e. The monoisotopic (exact) mass is 198 g/mol. The molecule has 0 amide bonds. The summed E-state index contributed by atoms with van der Waals surface area (Å²) in [6, 6.07) is 0. The minimum absolute atomic E-state index is 0.959. The number of nitrogens with one attached hydrogen (secondary N) is 1. The Balaban J connectivity index is 3.71. The minimum atomic E-state index is 0.959. The van der Waals surface area contributed by atoms with Gasteiger partial charge in [-0.3, -0.25) is 4.90 Å². The molecule has 0 saturated heterocycles. The predicted molar refractivity (Wildman–Crippen MR) is 64.7 cm³/mol. The standard InChI is InChI=1S/C12H26N2/c1-5-8-14(9-6-2)11-12(4)10-13-7-3/h13H,4-11H2,1-3H3. The maximum absolute atomic E-state index is 4.09. The molecule has 0 bridgehead atoms. The summed E-state index contributed by atoms with van der Waals surface area (Å²) in [7, 11) is 0. The van der Waals surface area contributed by atoms with Gasteiger partial charge in [-0.15, -0.1) is 0 Å². The molecule has 14 heavy (non-hydrogen) atoms. The van der Waals surface area contributed by atoms with Crippen LogP contribution in [0, 0.1) is 0 Å². The molecular formula is C12H26N2. The van der Waals surface area contributed by atoms with Crippen LogP contribution in [0.5, 0.6) is 0 Å². The summed E-state index contributed by atoms with van der Waals surface area (Å²) in [6.07, 6.45) is 2.46. The van der Waals surface area contributed by atoms with Crippen LogP contribution in [0.15, 0.2) is 12.2 Å². The SMILES string of the molecule is C=C(CNCC)CN(CCC)CCC. The molecule has 1 N–H and O–H groups in total. The molecule has 0 rings (SSSR count). The fraction of sp³-hybridized carbons (Fsp3) is 0.833. The summed E-state index contributed by atoms with van der Waals surface area (Å²) in [5.74, 6) is 0. The summed E-state index contributed by atoms with van der Waals surface area (Å²) < 4.78 is 0. The molecule has 0 aromatic rings. The Morgan fingerprint density at radius 3 is 2.14 bits per heavy atom. The summed E-state index contributed by atoms with van der Waals surface area (Å²) in [6.45, 7) is 16.1. The van der Waals surface area contributed by atoms with Crippen molar-refractivity contribution in [2.75, 3.05) is 32.7 Å². The third kappa shape index (κ3) is 7.10. The number of nitrogens with zero attached hydrogens (tertiary/aromatic N) is 1. The second-order valence-electron chi connectivity index (χ2n) is 3.81. The lowest BCUT2D eigenvalue weighted by Crippen LogP contribution is -2.30. The van der Waals surface area contributed by atoms with Crippen LogP contribution in [0.4, 0.5) is 0 Å². The number of rotatable bonds is 9. The molecule has 84 valence electrons. The lowest BCUT2D eigenvalue weighted by Gasteiger charge is -2.22. The Kier molecular flexibility index (Phi) is 9.00. The van der Waals surface area contributed by atoms with Crippen LogP contribution < -0.4 is 5.32 Å². The van der Waals surface area contributed by atoms with E-state index in [4.69, 9.17) is 0 Å². The molecule has 0 radical (unpaired) electrons. The highest BCUT2D eigenvalue weighted by atomic mass is 15.1. The molecule has 0 aromatic heterocycles. The van der Waals surface area contributed by atoms with Gasteiger partial charge < -0.3 is 5.32 Å². The van der Waals surface area contributed by atoms with Crippen molar-refractivity contribution < 1.29 is 0 Å². The van der Waals surface area contributed by atoms with Crippen molar-refractivity contribution in [1.82, 2.24) is 10.2 Å². The molecule has 0 fully saturated rings. The quantitative estimate of drug-likeness (QED) is 0.572. The Morgan fingerprint density at radius 1 is 1.14 bits per heavy atom. The van der Waals surface area contributed by atoms with Crippen LogP contribution in [0.2, 0.25) is 0 Å². The molecule has 0 saturated carbocycles. The van der Waals surface area contributed by atoms with Crippen molar-refractivity contribution >= 4 is 0 Å². The molecule has 0 unspecified atom stereocenters. The van der Waals surface area contributed by atoms with Crippen LogP contribution in [0.1, 0.15) is 33.6 Å². The summed E-state index contributed by atoms with van der Waals surface area (Å²) in [5, 5.41) is 3.31. The van der Waals surface area contributed by atoms with E-state index < -0.39 is 0 Å². The van der Waals surface area contributed by atoms with Gasteiger partial charge in [-0.1, -0.05) is 27.4 Å². The number of likely N-dealkylation sites (N-methyl/N-ethyl adjacent to an activating group) is 1. The van der Waals surface area contributed by atoms with Crippen molar-refractivity contribution in [3.8, 4) is 0 Å². The lowest BCUT2D eigenvalue weighted by atomic mass is 10.2. The van der Waals surface area contributed by atoms with E-state index in [1.807, 2.05) is 0 Å². The zero-order valence-electron chi connectivity index (χ0n) is 10.1. The Bertz CT molecular complexity index is 137. The van der Waals surface area contributed by atoms with Crippen molar-refractivity contribution in [1.29, 1.82) is 0 Å². The van der Waals surface area contributed by atoms with E-state index in [-0.39, 0.29) is 0 Å². The Hall–Kier alpha value is -0.340. The fourth-order valence-corrected chi connectivity index (χ4v) is 1.58. The maximum atomic E-state index is 4.09. The van der Waals surface area contributed by atoms with Crippen molar-refractivity contribution in [2.24, 2.45) is 0 Å². The van der Waals surface area contributed by atoms with Crippen LogP contribution in [-0.4, -0.2) is 37.6 Å². The van der Waals surface area contributed by atoms with Crippen molar-refractivity contribution in [3.63, 3.8) is 0 Å². The average molecular weight is 198 g/mol. The van der Waals surface area contributed by atoms with E-state index in [1.165, 1.54) is 31.5 Å². The highest BCUT2D eigenvalue weighted by Gasteiger charge is 2.03. The van der Waals surface area contributed by atoms with E-state index in [1.54, 1.807) is 0 Å². The Labute approximate surface area is 89.4 Å². The zero-order chi connectivity index (χ0) is 10.8. The third-order valence-electron chi connectivity index (χ3n) is 2.15. The molecule has 0 aliphatic heterocycles. The molecule has 0 heterocycles. The van der Waals surface area contributed by atoms with Gasteiger partial charge in [-0.05, 0) is 38.0 Å². The first-order valence-electron chi connectivity index (χ1n) is 5.84. The van der Waals surface area contributed by atoms with E-state index in [9.17, 15) is 0 Å². The van der Waals surface area contributed by atoms with E-state index in [0.717, 1.165) is 19.6 Å². The molecule has 0 aliphatic carbocycles. The first kappa shape index (κ1) is 13.7. The molecule has 0 atom stereocenters. The van der Waals surface area contributed by atoms with Crippen molar-refractivity contribution in [3.05, 3.63) is 12.2 Å². The van der Waals surface area contributed by atoms with Crippen LogP contribution in [0.3, 0.4) is 0 Å². The van der Waals surface area contributed by atoms with Gasteiger partial charge in [0.05, 0.1) is 0 Å². The van der Waals surface area contributed by atoms with Gasteiger partial charge >= 0.3 is 0 Å². The highest BCUT2D eigenvalue weighted by molar-refractivity contribution is 4.99. The van der Waals surface area contributed by atoms with E-state index in [0.29, 0.717) is 0 Å². The molecule has 0 spiro atoms. The van der Waals surface area contributed by atoms with Crippen LogP contribution >= 0.6 is 0 Å². The summed E-state index contributed by atoms with van der Waals surface area (Å²) in [4.78, 5) is 2.49. The van der Waals surface area contributed by atoms with Crippen molar-refractivity contribution in [2.45, 2.75) is 33.6 Å². The first-order chi connectivity index (χ1) is 6.74. The topological polar surface area (TPSA) is 15.3 Å². The normalized spacial score (nSPS) is 10.9. The van der Waals surface area contributed by atoms with Gasteiger partial charge in [0.25, 0.3) is 0 Å². The zero-order valence-corrected chi connectivity index (χ0v) is 10.1.